The van der Waals surface area contributed by atoms with Crippen LogP contribution >= 0.6 is 0 Å². The Morgan fingerprint density at radius 1 is 1.11 bits per heavy atom. The van der Waals surface area contributed by atoms with E-state index in [1.54, 1.807) is 6.07 Å². The topological polar surface area (TPSA) is 113 Å². The molecule has 0 spiro atoms. The van der Waals surface area contributed by atoms with Gasteiger partial charge >= 0.3 is 0 Å². The van der Waals surface area contributed by atoms with E-state index < -0.39 is 16.4 Å². The van der Waals surface area contributed by atoms with Crippen LogP contribution in [-0.4, -0.2) is 33.1 Å². The molecule has 28 heavy (non-hydrogen) atoms. The van der Waals surface area contributed by atoms with Gasteiger partial charge in [0.05, 0.1) is 16.7 Å². The van der Waals surface area contributed by atoms with Gasteiger partial charge in [-0.15, -0.1) is 0 Å². The van der Waals surface area contributed by atoms with Crippen LogP contribution in [0, 0.1) is 15.9 Å². The van der Waals surface area contributed by atoms with Crippen molar-refractivity contribution in [2.45, 2.75) is 6.42 Å². The first kappa shape index (κ1) is 19.2. The normalized spacial score (nSPS) is 10.5. The van der Waals surface area contributed by atoms with Crippen molar-refractivity contribution in [3.8, 4) is 11.3 Å². The Balaban J connectivity index is 1.98. The van der Waals surface area contributed by atoms with E-state index in [1.165, 1.54) is 6.07 Å². The average Bonchev–Trinajstić information content (AvgIpc) is 2.70. The third-order valence-corrected chi connectivity index (χ3v) is 3.83. The van der Waals surface area contributed by atoms with Crippen molar-refractivity contribution >= 4 is 23.1 Å². The molecule has 0 aliphatic rings. The molecule has 0 amide bonds. The van der Waals surface area contributed by atoms with Crippen molar-refractivity contribution in [1.82, 2.24) is 9.97 Å². The molecular formula is C19H18FN5O3. The van der Waals surface area contributed by atoms with Crippen LogP contribution in [0.2, 0.25) is 0 Å². The zero-order valence-corrected chi connectivity index (χ0v) is 14.8. The fourth-order valence-corrected chi connectivity index (χ4v) is 2.53. The molecule has 2 aromatic carbocycles. The molecule has 0 fully saturated rings. The SMILES string of the molecule is O=[N+]([O-])c1cc(F)ccc1Nc1cc(-c2ccccc2)nc(NCCCO)n1. The number of aromatic nitrogens is 2. The Morgan fingerprint density at radius 2 is 1.89 bits per heavy atom. The average molecular weight is 383 g/mol. The summed E-state index contributed by atoms with van der Waals surface area (Å²) in [7, 11) is 0. The lowest BCUT2D eigenvalue weighted by Crippen LogP contribution is -2.09. The van der Waals surface area contributed by atoms with Crippen LogP contribution in [0.5, 0.6) is 0 Å². The van der Waals surface area contributed by atoms with Crippen LogP contribution < -0.4 is 10.6 Å². The Morgan fingerprint density at radius 3 is 2.61 bits per heavy atom. The molecule has 0 unspecified atom stereocenters. The van der Waals surface area contributed by atoms with Gasteiger partial charge in [-0.3, -0.25) is 10.1 Å². The van der Waals surface area contributed by atoms with Gasteiger partial charge in [0.2, 0.25) is 5.95 Å². The molecular weight excluding hydrogens is 365 g/mol. The number of aliphatic hydroxyl groups excluding tert-OH is 1. The Kier molecular flexibility index (Phi) is 6.07. The maximum absolute atomic E-state index is 13.4. The first-order valence-electron chi connectivity index (χ1n) is 8.57. The largest absolute Gasteiger partial charge is 0.396 e. The Bertz CT molecular complexity index is 969. The van der Waals surface area contributed by atoms with Crippen molar-refractivity contribution in [3.63, 3.8) is 0 Å². The lowest BCUT2D eigenvalue weighted by atomic mass is 10.1. The van der Waals surface area contributed by atoms with Crippen LogP contribution in [0.1, 0.15) is 6.42 Å². The van der Waals surface area contributed by atoms with Crippen LogP contribution in [0.25, 0.3) is 11.3 Å². The number of nitrogens with one attached hydrogen (secondary N) is 2. The molecule has 3 N–H and O–H groups in total. The van der Waals surface area contributed by atoms with Crippen molar-refractivity contribution in [2.24, 2.45) is 0 Å². The minimum Gasteiger partial charge on any atom is -0.396 e. The molecule has 144 valence electrons. The predicted octanol–water partition coefficient (Wildman–Crippen LogP) is 3.73. The molecule has 0 bridgehead atoms. The molecule has 0 saturated carbocycles. The second kappa shape index (κ2) is 8.87. The number of halogens is 1. The molecule has 1 heterocycles. The van der Waals surface area contributed by atoms with E-state index >= 15 is 0 Å². The zero-order valence-electron chi connectivity index (χ0n) is 14.8. The van der Waals surface area contributed by atoms with Crippen molar-refractivity contribution in [3.05, 3.63) is 70.5 Å². The summed E-state index contributed by atoms with van der Waals surface area (Å²) in [6, 6.07) is 14.3. The smallest absolute Gasteiger partial charge is 0.295 e. The molecule has 0 saturated heterocycles. The van der Waals surface area contributed by atoms with Gasteiger partial charge in [-0.1, -0.05) is 30.3 Å². The van der Waals surface area contributed by atoms with E-state index in [2.05, 4.69) is 20.6 Å². The van der Waals surface area contributed by atoms with Gasteiger partial charge in [-0.25, -0.2) is 9.37 Å². The molecule has 0 radical (unpaired) electrons. The highest BCUT2D eigenvalue weighted by molar-refractivity contribution is 5.71. The molecule has 8 nitrogen and oxygen atoms in total. The van der Waals surface area contributed by atoms with Crippen molar-refractivity contribution in [2.75, 3.05) is 23.8 Å². The summed E-state index contributed by atoms with van der Waals surface area (Å²) in [5.74, 6) is -0.0756. The maximum atomic E-state index is 13.4. The number of nitro groups is 1. The highest BCUT2D eigenvalue weighted by Crippen LogP contribution is 2.29. The number of anilines is 3. The summed E-state index contributed by atoms with van der Waals surface area (Å²) < 4.78 is 13.4. The van der Waals surface area contributed by atoms with E-state index in [1.807, 2.05) is 30.3 Å². The molecule has 3 rings (SSSR count). The number of benzene rings is 2. The van der Waals surface area contributed by atoms with Gasteiger partial charge in [-0.2, -0.15) is 4.98 Å². The van der Waals surface area contributed by atoms with Crippen LogP contribution in [-0.2, 0) is 0 Å². The number of aliphatic hydroxyl groups is 1. The molecule has 0 aliphatic carbocycles. The fourth-order valence-electron chi connectivity index (χ4n) is 2.53. The number of hydrogen-bond acceptors (Lipinski definition) is 7. The van der Waals surface area contributed by atoms with Crippen LogP contribution in [0.4, 0.5) is 27.5 Å². The predicted molar refractivity (Wildman–Crippen MR) is 104 cm³/mol. The summed E-state index contributed by atoms with van der Waals surface area (Å²) in [4.78, 5) is 19.3. The zero-order chi connectivity index (χ0) is 19.9. The fraction of sp³-hybridized carbons (Fsp3) is 0.158. The van der Waals surface area contributed by atoms with E-state index in [-0.39, 0.29) is 12.3 Å². The third-order valence-electron chi connectivity index (χ3n) is 3.83. The molecule has 0 atom stereocenters. The van der Waals surface area contributed by atoms with Gasteiger partial charge in [-0.05, 0) is 18.6 Å². The van der Waals surface area contributed by atoms with E-state index in [0.717, 1.165) is 17.7 Å². The van der Waals surface area contributed by atoms with E-state index in [9.17, 15) is 14.5 Å². The Hall–Kier alpha value is -3.59. The summed E-state index contributed by atoms with van der Waals surface area (Å²) in [6.45, 7) is 0.489. The van der Waals surface area contributed by atoms with Gasteiger partial charge < -0.3 is 15.7 Å². The van der Waals surface area contributed by atoms with E-state index in [0.29, 0.717) is 30.4 Å². The number of rotatable bonds is 8. The maximum Gasteiger partial charge on any atom is 0.295 e. The van der Waals surface area contributed by atoms with Gasteiger partial charge in [0.1, 0.15) is 17.3 Å². The summed E-state index contributed by atoms with van der Waals surface area (Å²) in [5, 5.41) is 26.1. The highest BCUT2D eigenvalue weighted by Gasteiger charge is 2.16. The second-order valence-electron chi connectivity index (χ2n) is 5.88. The van der Waals surface area contributed by atoms with Crippen molar-refractivity contribution < 1.29 is 14.4 Å². The Labute approximate surface area is 160 Å². The lowest BCUT2D eigenvalue weighted by Gasteiger charge is -2.11. The standard InChI is InChI=1S/C19H18FN5O3/c20-14-7-8-15(17(11-14)25(27)28)22-18-12-16(13-5-2-1-3-6-13)23-19(24-18)21-9-4-10-26/h1-3,5-8,11-12,26H,4,9-10H2,(H2,21,22,23,24). The van der Waals surface area contributed by atoms with Crippen LogP contribution in [0.15, 0.2) is 54.6 Å². The summed E-state index contributed by atoms with van der Waals surface area (Å²) in [5.41, 5.74) is 1.17. The summed E-state index contributed by atoms with van der Waals surface area (Å²) >= 11 is 0. The van der Waals surface area contributed by atoms with Crippen LogP contribution in [0.3, 0.4) is 0 Å². The number of nitro benzene ring substituents is 1. The van der Waals surface area contributed by atoms with Gasteiger partial charge in [0.25, 0.3) is 5.69 Å². The van der Waals surface area contributed by atoms with E-state index in [4.69, 9.17) is 5.11 Å². The molecule has 3 aromatic rings. The lowest BCUT2D eigenvalue weighted by molar-refractivity contribution is -0.384. The second-order valence-corrected chi connectivity index (χ2v) is 5.88. The monoisotopic (exact) mass is 383 g/mol. The number of hydrogen-bond donors (Lipinski definition) is 3. The van der Waals surface area contributed by atoms with Gasteiger partial charge in [0, 0.05) is 24.8 Å². The minimum absolute atomic E-state index is 0.0260. The van der Waals surface area contributed by atoms with Gasteiger partial charge in [0.15, 0.2) is 0 Å². The molecule has 0 aliphatic heterocycles. The first-order valence-corrected chi connectivity index (χ1v) is 8.57. The number of nitrogens with zero attached hydrogens (tertiary/aromatic N) is 3. The highest BCUT2D eigenvalue weighted by atomic mass is 19.1. The molecule has 1 aromatic heterocycles. The third kappa shape index (κ3) is 4.77. The first-order chi connectivity index (χ1) is 13.6. The quantitative estimate of drug-likeness (QED) is 0.308. The molecule has 9 heteroatoms. The van der Waals surface area contributed by atoms with Crippen molar-refractivity contribution in [1.29, 1.82) is 0 Å². The minimum atomic E-state index is -0.698. The summed E-state index contributed by atoms with van der Waals surface area (Å²) in [6.07, 6.45) is 0.519.